The van der Waals surface area contributed by atoms with E-state index < -0.39 is 0 Å². The molecule has 0 amide bonds. The number of nitrogens with zero attached hydrogens (tertiary/aromatic N) is 4. The number of hydrogen-bond donors (Lipinski definition) is 1. The summed E-state index contributed by atoms with van der Waals surface area (Å²) in [5.41, 5.74) is 1.05. The summed E-state index contributed by atoms with van der Waals surface area (Å²) in [6, 6.07) is 0. The van der Waals surface area contributed by atoms with Crippen LogP contribution in [0.25, 0.3) is 5.82 Å². The Bertz CT molecular complexity index is 544. The first-order valence-electron chi connectivity index (χ1n) is 6.29. The zero-order chi connectivity index (χ0) is 13.1. The minimum atomic E-state index is 0.766. The molecule has 0 aromatic carbocycles. The second kappa shape index (κ2) is 5.16. The number of imidazole rings is 1. The molecular weight excluding hydrogens is 226 g/mol. The molecule has 1 N–H and O–H groups in total. The van der Waals surface area contributed by atoms with Crippen molar-refractivity contribution in [2.24, 2.45) is 0 Å². The van der Waals surface area contributed by atoms with Crippen LogP contribution in [0.4, 0.5) is 5.82 Å². The first-order valence-corrected chi connectivity index (χ1v) is 6.29. The van der Waals surface area contributed by atoms with Gasteiger partial charge >= 0.3 is 0 Å². The van der Waals surface area contributed by atoms with Crippen LogP contribution in [-0.4, -0.2) is 26.1 Å². The van der Waals surface area contributed by atoms with Gasteiger partial charge in [-0.2, -0.15) is 0 Å². The van der Waals surface area contributed by atoms with E-state index in [-0.39, 0.29) is 0 Å². The summed E-state index contributed by atoms with van der Waals surface area (Å²) in [6.45, 7) is 8.94. The Hall–Kier alpha value is -1.91. The van der Waals surface area contributed by atoms with Crippen molar-refractivity contribution in [1.82, 2.24) is 19.5 Å². The highest BCUT2D eigenvalue weighted by Crippen LogP contribution is 2.20. The Balaban J connectivity index is 2.57. The van der Waals surface area contributed by atoms with Gasteiger partial charge in [0.15, 0.2) is 0 Å². The third-order valence-electron chi connectivity index (χ3n) is 2.84. The van der Waals surface area contributed by atoms with Gasteiger partial charge in [0.05, 0.1) is 0 Å². The van der Waals surface area contributed by atoms with E-state index in [0.717, 1.165) is 41.8 Å². The molecule has 0 bridgehead atoms. The Morgan fingerprint density at radius 2 is 2.00 bits per heavy atom. The summed E-state index contributed by atoms with van der Waals surface area (Å²) in [6.07, 6.45) is 4.64. The van der Waals surface area contributed by atoms with E-state index in [4.69, 9.17) is 0 Å². The highest BCUT2D eigenvalue weighted by atomic mass is 15.2. The van der Waals surface area contributed by atoms with Crippen LogP contribution < -0.4 is 5.32 Å². The van der Waals surface area contributed by atoms with Crippen molar-refractivity contribution < 1.29 is 0 Å². The predicted octanol–water partition coefficient (Wildman–Crippen LogP) is 2.27. The van der Waals surface area contributed by atoms with Crippen LogP contribution >= 0.6 is 0 Å². The molecule has 2 aromatic heterocycles. The number of hydrogen-bond acceptors (Lipinski definition) is 4. The summed E-state index contributed by atoms with van der Waals surface area (Å²) in [5.74, 6) is 3.59. The maximum Gasteiger partial charge on any atom is 0.146 e. The van der Waals surface area contributed by atoms with Gasteiger partial charge in [0.1, 0.15) is 23.3 Å². The molecule has 0 aliphatic carbocycles. The molecule has 0 radical (unpaired) electrons. The normalized spacial score (nSPS) is 10.7. The van der Waals surface area contributed by atoms with E-state index in [9.17, 15) is 0 Å². The van der Waals surface area contributed by atoms with E-state index in [1.807, 2.05) is 30.8 Å². The standard InChI is InChI=1S/C13H19N5/c1-5-11-15-7-8-18(11)13-9(3)12(14-6-2)16-10(4)17-13/h7-8H,5-6H2,1-4H3,(H,14,16,17). The molecule has 2 heterocycles. The monoisotopic (exact) mass is 245 g/mol. The van der Waals surface area contributed by atoms with Gasteiger partial charge in [-0.05, 0) is 20.8 Å². The molecule has 5 heteroatoms. The van der Waals surface area contributed by atoms with Crippen molar-refractivity contribution in [2.45, 2.75) is 34.1 Å². The molecule has 96 valence electrons. The van der Waals surface area contributed by atoms with Crippen LogP contribution in [0.3, 0.4) is 0 Å². The van der Waals surface area contributed by atoms with Crippen LogP contribution in [0.15, 0.2) is 12.4 Å². The zero-order valence-electron chi connectivity index (χ0n) is 11.4. The highest BCUT2D eigenvalue weighted by Gasteiger charge is 2.12. The molecular formula is C13H19N5. The Labute approximate surface area is 107 Å². The molecule has 0 atom stereocenters. The number of anilines is 1. The average Bonchev–Trinajstić information content (AvgIpc) is 2.81. The topological polar surface area (TPSA) is 55.6 Å². The summed E-state index contributed by atoms with van der Waals surface area (Å²) >= 11 is 0. The third-order valence-corrected chi connectivity index (χ3v) is 2.84. The van der Waals surface area contributed by atoms with Crippen LogP contribution in [0, 0.1) is 13.8 Å². The van der Waals surface area contributed by atoms with Crippen molar-refractivity contribution in [3.63, 3.8) is 0 Å². The number of rotatable bonds is 4. The van der Waals surface area contributed by atoms with Gasteiger partial charge in [-0.15, -0.1) is 0 Å². The minimum absolute atomic E-state index is 0.766. The summed E-state index contributed by atoms with van der Waals surface area (Å²) in [4.78, 5) is 13.3. The van der Waals surface area contributed by atoms with Crippen LogP contribution in [0.5, 0.6) is 0 Å². The number of aromatic nitrogens is 4. The first kappa shape index (κ1) is 12.5. The minimum Gasteiger partial charge on any atom is -0.370 e. The van der Waals surface area contributed by atoms with Crippen molar-refractivity contribution in [1.29, 1.82) is 0 Å². The van der Waals surface area contributed by atoms with Gasteiger partial charge in [0, 0.05) is 30.9 Å². The van der Waals surface area contributed by atoms with Crippen LogP contribution in [-0.2, 0) is 6.42 Å². The van der Waals surface area contributed by atoms with Crippen molar-refractivity contribution >= 4 is 5.82 Å². The van der Waals surface area contributed by atoms with E-state index in [1.165, 1.54) is 0 Å². The van der Waals surface area contributed by atoms with Crippen molar-refractivity contribution in [2.75, 3.05) is 11.9 Å². The molecule has 0 aliphatic rings. The maximum absolute atomic E-state index is 4.54. The smallest absolute Gasteiger partial charge is 0.146 e. The Morgan fingerprint density at radius 3 is 2.67 bits per heavy atom. The van der Waals surface area contributed by atoms with Crippen LogP contribution in [0.2, 0.25) is 0 Å². The van der Waals surface area contributed by atoms with E-state index in [2.05, 4.69) is 34.1 Å². The Morgan fingerprint density at radius 1 is 1.22 bits per heavy atom. The van der Waals surface area contributed by atoms with Gasteiger partial charge in [0.25, 0.3) is 0 Å². The highest BCUT2D eigenvalue weighted by molar-refractivity contribution is 5.52. The Kier molecular flexibility index (Phi) is 3.60. The lowest BCUT2D eigenvalue weighted by Gasteiger charge is -2.13. The van der Waals surface area contributed by atoms with Crippen molar-refractivity contribution in [3.8, 4) is 5.82 Å². The predicted molar refractivity (Wildman–Crippen MR) is 72.2 cm³/mol. The molecule has 0 saturated carbocycles. The molecule has 0 fully saturated rings. The first-order chi connectivity index (χ1) is 8.67. The van der Waals surface area contributed by atoms with Gasteiger partial charge < -0.3 is 5.32 Å². The fraction of sp³-hybridized carbons (Fsp3) is 0.462. The molecule has 0 spiro atoms. The number of nitrogens with one attached hydrogen (secondary N) is 1. The number of aryl methyl sites for hydroxylation is 2. The lowest BCUT2D eigenvalue weighted by Crippen LogP contribution is -2.11. The lowest BCUT2D eigenvalue weighted by atomic mass is 10.3. The third kappa shape index (κ3) is 2.20. The fourth-order valence-corrected chi connectivity index (χ4v) is 1.98. The molecule has 2 rings (SSSR count). The van der Waals surface area contributed by atoms with Gasteiger partial charge in [0.2, 0.25) is 0 Å². The van der Waals surface area contributed by atoms with E-state index >= 15 is 0 Å². The van der Waals surface area contributed by atoms with Crippen LogP contribution in [0.1, 0.15) is 31.1 Å². The SMILES string of the molecule is CCNc1nc(C)nc(-n2ccnc2CC)c1C. The fourth-order valence-electron chi connectivity index (χ4n) is 1.98. The van der Waals surface area contributed by atoms with Gasteiger partial charge in [-0.3, -0.25) is 4.57 Å². The summed E-state index contributed by atoms with van der Waals surface area (Å²) < 4.78 is 2.03. The molecule has 5 nitrogen and oxygen atoms in total. The zero-order valence-corrected chi connectivity index (χ0v) is 11.4. The molecule has 18 heavy (non-hydrogen) atoms. The molecule has 0 saturated heterocycles. The lowest BCUT2D eigenvalue weighted by molar-refractivity contribution is 0.842. The summed E-state index contributed by atoms with van der Waals surface area (Å²) in [7, 11) is 0. The average molecular weight is 245 g/mol. The molecule has 0 aliphatic heterocycles. The molecule has 0 unspecified atom stereocenters. The summed E-state index contributed by atoms with van der Waals surface area (Å²) in [5, 5.41) is 3.27. The van der Waals surface area contributed by atoms with E-state index in [1.54, 1.807) is 0 Å². The molecule has 2 aromatic rings. The van der Waals surface area contributed by atoms with Gasteiger partial charge in [-0.1, -0.05) is 6.92 Å². The second-order valence-corrected chi connectivity index (χ2v) is 4.17. The maximum atomic E-state index is 4.54. The van der Waals surface area contributed by atoms with Crippen molar-refractivity contribution in [3.05, 3.63) is 29.6 Å². The largest absolute Gasteiger partial charge is 0.370 e. The van der Waals surface area contributed by atoms with E-state index in [0.29, 0.717) is 0 Å². The second-order valence-electron chi connectivity index (χ2n) is 4.17. The quantitative estimate of drug-likeness (QED) is 0.897. The van der Waals surface area contributed by atoms with Gasteiger partial charge in [-0.25, -0.2) is 15.0 Å².